The van der Waals surface area contributed by atoms with Gasteiger partial charge in [0.1, 0.15) is 17.2 Å². The fraction of sp³-hybridized carbons (Fsp3) is 0.0714. The fourth-order valence-corrected chi connectivity index (χ4v) is 1.92. The molecule has 0 fully saturated rings. The van der Waals surface area contributed by atoms with Crippen LogP contribution in [0.2, 0.25) is 0 Å². The molecule has 2 aromatic rings. The Morgan fingerprint density at radius 3 is 2.19 bits per heavy atom. The predicted molar refractivity (Wildman–Crippen MR) is 72.7 cm³/mol. The van der Waals surface area contributed by atoms with Crippen LogP contribution in [0.3, 0.4) is 0 Å². The number of aldehydes is 1. The topological polar surface area (TPSA) is 35.5 Å². The Hall–Kier alpha value is -2.02. The third-order valence-electron chi connectivity index (χ3n) is 2.38. The molecule has 0 bridgehead atoms. The van der Waals surface area contributed by atoms with Gasteiger partial charge in [0, 0.05) is 4.47 Å². The average Bonchev–Trinajstić information content (AvgIpc) is 2.41. The lowest BCUT2D eigenvalue weighted by Crippen LogP contribution is -2.16. The van der Waals surface area contributed by atoms with E-state index in [4.69, 9.17) is 4.74 Å². The lowest BCUT2D eigenvalue weighted by Gasteiger charge is -2.11. The highest BCUT2D eigenvalue weighted by molar-refractivity contribution is 9.10. The summed E-state index contributed by atoms with van der Waals surface area (Å²) in [5.41, 5.74) is 0.319. The van der Waals surface area contributed by atoms with E-state index >= 15 is 0 Å². The summed E-state index contributed by atoms with van der Waals surface area (Å²) in [5, 5.41) is 0. The van der Waals surface area contributed by atoms with Gasteiger partial charge in [0.25, 0.3) is 0 Å². The number of rotatable bonds is 4. The number of halogens is 4. The lowest BCUT2D eigenvalue weighted by molar-refractivity contribution is -0.274. The van der Waals surface area contributed by atoms with Gasteiger partial charge in [-0.3, -0.25) is 4.79 Å². The number of alkyl halides is 3. The van der Waals surface area contributed by atoms with E-state index < -0.39 is 6.36 Å². The molecule has 0 heterocycles. The van der Waals surface area contributed by atoms with Crippen LogP contribution >= 0.6 is 15.9 Å². The minimum Gasteiger partial charge on any atom is -0.457 e. The Bertz CT molecular complexity index is 639. The first-order valence-corrected chi connectivity index (χ1v) is 6.45. The molecule has 2 rings (SSSR count). The Morgan fingerprint density at radius 2 is 1.62 bits per heavy atom. The van der Waals surface area contributed by atoms with Gasteiger partial charge < -0.3 is 9.47 Å². The molecule has 0 saturated heterocycles. The highest BCUT2D eigenvalue weighted by atomic mass is 79.9. The molecule has 21 heavy (non-hydrogen) atoms. The molecule has 2 aromatic carbocycles. The second kappa shape index (κ2) is 6.17. The van der Waals surface area contributed by atoms with Crippen molar-refractivity contribution in [3.8, 4) is 17.2 Å². The molecule has 0 spiro atoms. The van der Waals surface area contributed by atoms with E-state index in [0.717, 1.165) is 12.1 Å². The number of benzene rings is 2. The van der Waals surface area contributed by atoms with Crippen LogP contribution in [0.25, 0.3) is 0 Å². The van der Waals surface area contributed by atoms with Crippen molar-refractivity contribution in [1.29, 1.82) is 0 Å². The van der Waals surface area contributed by atoms with Crippen LogP contribution in [-0.4, -0.2) is 12.6 Å². The number of carbonyl (C=O) groups is 1. The van der Waals surface area contributed by atoms with Gasteiger partial charge in [-0.15, -0.1) is 13.2 Å². The van der Waals surface area contributed by atoms with Gasteiger partial charge in [0.05, 0.1) is 5.56 Å². The van der Waals surface area contributed by atoms with Gasteiger partial charge in [0.15, 0.2) is 6.29 Å². The summed E-state index contributed by atoms with van der Waals surface area (Å²) in [6.07, 6.45) is -4.11. The molecule has 0 aliphatic rings. The number of hydrogen-bond acceptors (Lipinski definition) is 3. The number of ether oxygens (including phenoxy) is 2. The Balaban J connectivity index is 2.15. The van der Waals surface area contributed by atoms with Crippen LogP contribution in [0, 0.1) is 0 Å². The van der Waals surface area contributed by atoms with Gasteiger partial charge in [0.2, 0.25) is 0 Å². The van der Waals surface area contributed by atoms with Crippen molar-refractivity contribution >= 4 is 22.2 Å². The van der Waals surface area contributed by atoms with E-state index in [0.29, 0.717) is 22.1 Å². The zero-order valence-corrected chi connectivity index (χ0v) is 11.9. The molecule has 0 aromatic heterocycles. The van der Waals surface area contributed by atoms with E-state index in [1.165, 1.54) is 12.1 Å². The van der Waals surface area contributed by atoms with Crippen molar-refractivity contribution in [1.82, 2.24) is 0 Å². The molecule has 0 aliphatic carbocycles. The normalized spacial score (nSPS) is 11.0. The minimum absolute atomic E-state index is 0.287. The molecule has 0 N–H and O–H groups in total. The summed E-state index contributed by atoms with van der Waals surface area (Å²) in [4.78, 5) is 10.9. The second-order valence-electron chi connectivity index (χ2n) is 3.92. The van der Waals surface area contributed by atoms with Crippen LogP contribution in [-0.2, 0) is 0 Å². The van der Waals surface area contributed by atoms with E-state index in [1.54, 1.807) is 18.2 Å². The van der Waals surface area contributed by atoms with E-state index in [9.17, 15) is 18.0 Å². The van der Waals surface area contributed by atoms with Crippen molar-refractivity contribution in [2.45, 2.75) is 6.36 Å². The van der Waals surface area contributed by atoms with Gasteiger partial charge in [-0.05, 0) is 42.5 Å². The molecule has 0 aliphatic heterocycles. The average molecular weight is 361 g/mol. The monoisotopic (exact) mass is 360 g/mol. The Kier molecular flexibility index (Phi) is 4.52. The first kappa shape index (κ1) is 15.4. The van der Waals surface area contributed by atoms with Crippen LogP contribution in [0.15, 0.2) is 46.9 Å². The molecule has 110 valence electrons. The van der Waals surface area contributed by atoms with Crippen LogP contribution in [0.1, 0.15) is 10.4 Å². The molecule has 0 saturated carbocycles. The third kappa shape index (κ3) is 4.49. The van der Waals surface area contributed by atoms with E-state index in [2.05, 4.69) is 20.7 Å². The summed E-state index contributed by atoms with van der Waals surface area (Å²) in [6, 6.07) is 9.72. The maximum absolute atomic E-state index is 12.0. The molecule has 0 radical (unpaired) electrons. The first-order chi connectivity index (χ1) is 9.87. The smallest absolute Gasteiger partial charge is 0.457 e. The van der Waals surface area contributed by atoms with Crippen molar-refractivity contribution < 1.29 is 27.4 Å². The summed E-state index contributed by atoms with van der Waals surface area (Å²) in [7, 11) is 0. The summed E-state index contributed by atoms with van der Waals surface area (Å²) in [6.45, 7) is 0. The standard InChI is InChI=1S/C14H8BrF3O3/c15-10-1-6-13(9(7-10)8-19)20-11-2-4-12(5-3-11)21-14(16,17)18/h1-8H. The molecule has 0 unspecified atom stereocenters. The van der Waals surface area contributed by atoms with Crippen LogP contribution in [0.4, 0.5) is 13.2 Å². The van der Waals surface area contributed by atoms with Crippen LogP contribution < -0.4 is 9.47 Å². The zero-order chi connectivity index (χ0) is 15.5. The molecule has 0 amide bonds. The predicted octanol–water partition coefficient (Wildman–Crippen LogP) is 4.95. The van der Waals surface area contributed by atoms with Crippen molar-refractivity contribution in [2.24, 2.45) is 0 Å². The molecule has 0 atom stereocenters. The van der Waals surface area contributed by atoms with Crippen molar-refractivity contribution in [2.75, 3.05) is 0 Å². The Morgan fingerprint density at radius 1 is 1.00 bits per heavy atom. The second-order valence-corrected chi connectivity index (χ2v) is 4.84. The molecule has 7 heteroatoms. The first-order valence-electron chi connectivity index (χ1n) is 5.66. The molecule has 3 nitrogen and oxygen atoms in total. The summed E-state index contributed by atoms with van der Waals surface area (Å²) < 4.78 is 46.0. The highest BCUT2D eigenvalue weighted by Gasteiger charge is 2.30. The zero-order valence-electron chi connectivity index (χ0n) is 10.4. The maximum Gasteiger partial charge on any atom is 0.573 e. The van der Waals surface area contributed by atoms with Crippen molar-refractivity contribution in [3.63, 3.8) is 0 Å². The molecular formula is C14H8BrF3O3. The SMILES string of the molecule is O=Cc1cc(Br)ccc1Oc1ccc(OC(F)(F)F)cc1. The highest BCUT2D eigenvalue weighted by Crippen LogP contribution is 2.29. The minimum atomic E-state index is -4.74. The van der Waals surface area contributed by atoms with Crippen LogP contribution in [0.5, 0.6) is 17.2 Å². The quantitative estimate of drug-likeness (QED) is 0.723. The summed E-state index contributed by atoms with van der Waals surface area (Å²) >= 11 is 3.22. The Labute approximate surface area is 126 Å². The maximum atomic E-state index is 12.0. The lowest BCUT2D eigenvalue weighted by atomic mass is 10.2. The van der Waals surface area contributed by atoms with Gasteiger partial charge in [-0.25, -0.2) is 0 Å². The van der Waals surface area contributed by atoms with Gasteiger partial charge >= 0.3 is 6.36 Å². The van der Waals surface area contributed by atoms with Crippen molar-refractivity contribution in [3.05, 3.63) is 52.5 Å². The summed E-state index contributed by atoms with van der Waals surface area (Å²) in [5.74, 6) is 0.244. The largest absolute Gasteiger partial charge is 0.573 e. The number of hydrogen-bond donors (Lipinski definition) is 0. The van der Waals surface area contributed by atoms with Gasteiger partial charge in [-0.1, -0.05) is 15.9 Å². The van der Waals surface area contributed by atoms with E-state index in [-0.39, 0.29) is 11.5 Å². The van der Waals surface area contributed by atoms with E-state index in [1.807, 2.05) is 0 Å². The third-order valence-corrected chi connectivity index (χ3v) is 2.88. The number of carbonyl (C=O) groups excluding carboxylic acids is 1. The van der Waals surface area contributed by atoms with Gasteiger partial charge in [-0.2, -0.15) is 0 Å². The molecular weight excluding hydrogens is 353 g/mol. The fourth-order valence-electron chi connectivity index (χ4n) is 1.54.